The lowest BCUT2D eigenvalue weighted by Gasteiger charge is -2.40. The molecule has 9 atom stereocenters. The summed E-state index contributed by atoms with van der Waals surface area (Å²) in [5.41, 5.74) is 0. The molecule has 9 unspecified atom stereocenters. The number of allylic oxidation sites excluding steroid dienone is 4. The molecule has 1 heterocycles. The Morgan fingerprint density at radius 1 is 0.523 bits per heavy atom. The number of hydrogen-bond donors (Lipinski definition) is 8. The average Bonchev–Trinajstić information content (AvgIpc) is 3.31. The fraction of sp³-hybridized carbons (Fsp3) is 0.907. The van der Waals surface area contributed by atoms with E-state index in [9.17, 15) is 40.5 Å². The first-order valence-electron chi connectivity index (χ1n) is 27.2. The summed E-state index contributed by atoms with van der Waals surface area (Å²) in [5.74, 6) is -0.709. The van der Waals surface area contributed by atoms with Gasteiger partial charge in [-0.3, -0.25) is 4.79 Å². The van der Waals surface area contributed by atoms with Crippen molar-refractivity contribution in [2.45, 2.75) is 300 Å². The Hall–Kier alpha value is -1.41. The first-order valence-corrected chi connectivity index (χ1v) is 27.2. The molecule has 65 heavy (non-hydrogen) atoms. The molecule has 0 aliphatic carbocycles. The van der Waals surface area contributed by atoms with Crippen LogP contribution in [-0.2, 0) is 14.3 Å². The zero-order valence-electron chi connectivity index (χ0n) is 41.7. The number of aliphatic hydroxyl groups excluding tert-OH is 7. The molecule has 0 aromatic carbocycles. The number of unbranched alkanes of at least 4 members (excludes halogenated alkanes) is 30. The van der Waals surface area contributed by atoms with Gasteiger partial charge in [-0.25, -0.2) is 0 Å². The topological polar surface area (TPSA) is 189 Å². The molecular formula is C54H103NO10. The standard InChI is InChI=1S/C54H103NO10/c1-3-5-7-9-11-13-15-17-19-21-23-25-27-29-31-33-35-37-39-41-46(57)49(59)45(44-64-54-52(62)51(61)50(60)48(43-56)65-54)55-53(63)47(58)42-40-38-36-34-32-30-28-26-24-22-20-18-16-14-12-10-8-6-4-2/h24,26,33,35,45-52,54,56-62H,3-23,25,27-32,34,36-44H2,1-2H3,(H,55,63)/b26-24-,35-33+. The molecule has 11 nitrogen and oxygen atoms in total. The predicted molar refractivity (Wildman–Crippen MR) is 266 cm³/mol. The summed E-state index contributed by atoms with van der Waals surface area (Å²) in [6.07, 6.45) is 39.4. The van der Waals surface area contributed by atoms with Crippen LogP contribution in [0.25, 0.3) is 0 Å². The summed E-state index contributed by atoms with van der Waals surface area (Å²) in [5, 5.41) is 76.0. The SMILES string of the molecule is CCCCCCCCCCC/C=C\CCCCCCCCC(O)C(=O)NC(COC1OC(CO)C(O)C(O)C1O)C(O)C(O)CCC/C=C/CCCCCCCCCCCCCCCC. The Morgan fingerprint density at radius 3 is 1.32 bits per heavy atom. The lowest BCUT2D eigenvalue weighted by Crippen LogP contribution is -2.60. The van der Waals surface area contributed by atoms with Crippen molar-refractivity contribution in [3.8, 4) is 0 Å². The van der Waals surface area contributed by atoms with E-state index in [4.69, 9.17) is 9.47 Å². The molecule has 0 aromatic heterocycles. The van der Waals surface area contributed by atoms with E-state index in [2.05, 4.69) is 43.5 Å². The van der Waals surface area contributed by atoms with E-state index in [1.54, 1.807) is 0 Å². The van der Waals surface area contributed by atoms with Crippen LogP contribution < -0.4 is 5.32 Å². The van der Waals surface area contributed by atoms with Gasteiger partial charge in [-0.1, -0.05) is 205 Å². The van der Waals surface area contributed by atoms with Gasteiger partial charge in [0, 0.05) is 0 Å². The molecule has 0 radical (unpaired) electrons. The summed E-state index contributed by atoms with van der Waals surface area (Å²) in [6.45, 7) is 3.45. The second-order valence-corrected chi connectivity index (χ2v) is 19.3. The zero-order valence-corrected chi connectivity index (χ0v) is 41.7. The fourth-order valence-corrected chi connectivity index (χ4v) is 8.73. The number of rotatable bonds is 46. The Morgan fingerprint density at radius 2 is 0.908 bits per heavy atom. The van der Waals surface area contributed by atoms with E-state index in [1.807, 2.05) is 0 Å². The van der Waals surface area contributed by atoms with Crippen LogP contribution in [0.2, 0.25) is 0 Å². The first-order chi connectivity index (χ1) is 31.7. The monoisotopic (exact) mass is 926 g/mol. The van der Waals surface area contributed by atoms with Crippen LogP contribution in [0.4, 0.5) is 0 Å². The predicted octanol–water partition coefficient (Wildman–Crippen LogP) is 10.6. The fourth-order valence-electron chi connectivity index (χ4n) is 8.73. The molecule has 1 fully saturated rings. The van der Waals surface area contributed by atoms with Crippen molar-refractivity contribution in [1.82, 2.24) is 5.32 Å². The number of hydrogen-bond acceptors (Lipinski definition) is 10. The van der Waals surface area contributed by atoms with Gasteiger partial charge < -0.3 is 50.5 Å². The number of carbonyl (C=O) groups excluding carboxylic acids is 1. The van der Waals surface area contributed by atoms with Crippen molar-refractivity contribution in [2.24, 2.45) is 0 Å². The highest BCUT2D eigenvalue weighted by atomic mass is 16.7. The van der Waals surface area contributed by atoms with E-state index in [0.29, 0.717) is 12.8 Å². The van der Waals surface area contributed by atoms with Crippen LogP contribution in [0.15, 0.2) is 24.3 Å². The highest BCUT2D eigenvalue weighted by Gasteiger charge is 2.44. The minimum absolute atomic E-state index is 0.248. The second-order valence-electron chi connectivity index (χ2n) is 19.3. The first kappa shape index (κ1) is 61.6. The smallest absolute Gasteiger partial charge is 0.249 e. The van der Waals surface area contributed by atoms with E-state index in [-0.39, 0.29) is 12.8 Å². The third-order valence-electron chi connectivity index (χ3n) is 13.2. The highest BCUT2D eigenvalue weighted by Crippen LogP contribution is 2.23. The minimum atomic E-state index is -1.67. The number of amides is 1. The molecule has 1 aliphatic heterocycles. The van der Waals surface area contributed by atoms with E-state index in [0.717, 1.165) is 57.8 Å². The van der Waals surface area contributed by atoms with Gasteiger partial charge in [-0.2, -0.15) is 0 Å². The van der Waals surface area contributed by atoms with Gasteiger partial charge in [0.2, 0.25) is 5.91 Å². The maximum absolute atomic E-state index is 13.1. The van der Waals surface area contributed by atoms with Crippen LogP contribution in [-0.4, -0.2) is 110 Å². The van der Waals surface area contributed by atoms with Crippen LogP contribution in [0.3, 0.4) is 0 Å². The van der Waals surface area contributed by atoms with Crippen molar-refractivity contribution in [1.29, 1.82) is 0 Å². The average molecular weight is 926 g/mol. The lowest BCUT2D eigenvalue weighted by atomic mass is 9.98. The minimum Gasteiger partial charge on any atom is -0.394 e. The molecule has 384 valence electrons. The van der Waals surface area contributed by atoms with Gasteiger partial charge in [0.15, 0.2) is 6.29 Å². The van der Waals surface area contributed by atoms with Gasteiger partial charge in [-0.05, 0) is 64.2 Å². The third kappa shape index (κ3) is 32.9. The van der Waals surface area contributed by atoms with Crippen molar-refractivity contribution in [3.63, 3.8) is 0 Å². The molecule has 1 amide bonds. The van der Waals surface area contributed by atoms with Crippen molar-refractivity contribution in [2.75, 3.05) is 13.2 Å². The summed E-state index contributed by atoms with van der Waals surface area (Å²) >= 11 is 0. The Balaban J connectivity index is 2.38. The van der Waals surface area contributed by atoms with Gasteiger partial charge in [0.25, 0.3) is 0 Å². The molecular weight excluding hydrogens is 823 g/mol. The summed E-state index contributed by atoms with van der Waals surface area (Å²) in [4.78, 5) is 13.1. The summed E-state index contributed by atoms with van der Waals surface area (Å²) < 4.78 is 11.1. The van der Waals surface area contributed by atoms with E-state index >= 15 is 0 Å². The second kappa shape index (κ2) is 43.8. The van der Waals surface area contributed by atoms with Crippen molar-refractivity contribution < 1.29 is 50.0 Å². The summed E-state index contributed by atoms with van der Waals surface area (Å²) in [6, 6.07) is -1.19. The molecule has 1 rings (SSSR count). The zero-order chi connectivity index (χ0) is 47.6. The van der Waals surface area contributed by atoms with Crippen LogP contribution in [0.1, 0.15) is 245 Å². The maximum atomic E-state index is 13.1. The molecule has 0 aromatic rings. The Bertz CT molecular complexity index is 1110. The third-order valence-corrected chi connectivity index (χ3v) is 13.2. The number of ether oxygens (including phenoxy) is 2. The molecule has 11 heteroatoms. The van der Waals surface area contributed by atoms with Gasteiger partial charge >= 0.3 is 0 Å². The van der Waals surface area contributed by atoms with Gasteiger partial charge in [-0.15, -0.1) is 0 Å². The Labute approximate surface area is 397 Å². The number of aliphatic hydroxyl groups is 7. The normalized spacial score (nSPS) is 21.0. The molecule has 0 bridgehead atoms. The molecule has 1 saturated heterocycles. The summed E-state index contributed by atoms with van der Waals surface area (Å²) in [7, 11) is 0. The quantitative estimate of drug-likeness (QED) is 0.0216. The molecule has 1 aliphatic rings. The van der Waals surface area contributed by atoms with Gasteiger partial charge in [0.1, 0.15) is 36.6 Å². The molecule has 0 spiro atoms. The van der Waals surface area contributed by atoms with E-state index in [1.165, 1.54) is 148 Å². The van der Waals surface area contributed by atoms with Crippen molar-refractivity contribution in [3.05, 3.63) is 24.3 Å². The van der Waals surface area contributed by atoms with E-state index < -0.39 is 74.2 Å². The largest absolute Gasteiger partial charge is 0.394 e. The molecule has 8 N–H and O–H groups in total. The van der Waals surface area contributed by atoms with Gasteiger partial charge in [0.05, 0.1) is 25.4 Å². The highest BCUT2D eigenvalue weighted by molar-refractivity contribution is 5.80. The van der Waals surface area contributed by atoms with Crippen molar-refractivity contribution >= 4 is 5.91 Å². The van der Waals surface area contributed by atoms with Crippen LogP contribution in [0.5, 0.6) is 0 Å². The lowest BCUT2D eigenvalue weighted by molar-refractivity contribution is -0.303. The van der Waals surface area contributed by atoms with Crippen LogP contribution in [0, 0.1) is 0 Å². The number of nitrogens with one attached hydrogen (secondary N) is 1. The maximum Gasteiger partial charge on any atom is 0.249 e. The Kier molecular flexibility index (Phi) is 41.6. The number of carbonyl (C=O) groups is 1. The molecule has 0 saturated carbocycles. The van der Waals surface area contributed by atoms with Crippen LogP contribution >= 0.6 is 0 Å².